The molecule has 0 unspecified atom stereocenters. The van der Waals surface area contributed by atoms with E-state index in [1.165, 1.54) is 25.7 Å². The van der Waals surface area contributed by atoms with Gasteiger partial charge in [-0.1, -0.05) is 46.5 Å². The second-order valence-electron chi connectivity index (χ2n) is 3.96. The van der Waals surface area contributed by atoms with Crippen molar-refractivity contribution in [3.63, 3.8) is 0 Å². The Kier molecular flexibility index (Phi) is 2.76. The van der Waals surface area contributed by atoms with Crippen molar-refractivity contribution < 1.29 is 0 Å². The molecule has 0 aromatic heterocycles. The van der Waals surface area contributed by atoms with Crippen LogP contribution in [0.3, 0.4) is 0 Å². The summed E-state index contributed by atoms with van der Waals surface area (Å²) in [4.78, 5) is 0. The zero-order valence-electron chi connectivity index (χ0n) is 7.56. The molecule has 0 saturated heterocycles. The molecule has 0 amide bonds. The van der Waals surface area contributed by atoms with Gasteiger partial charge < -0.3 is 0 Å². The van der Waals surface area contributed by atoms with Crippen LogP contribution in [0, 0.1) is 17.8 Å². The van der Waals surface area contributed by atoms with Crippen LogP contribution in [0.1, 0.15) is 46.5 Å². The highest BCUT2D eigenvalue weighted by Crippen LogP contribution is 2.35. The third-order valence-corrected chi connectivity index (χ3v) is 3.25. The lowest BCUT2D eigenvalue weighted by molar-refractivity contribution is 0.174. The van der Waals surface area contributed by atoms with Gasteiger partial charge in [-0.2, -0.15) is 0 Å². The Hall–Kier alpha value is 0. The Morgan fingerprint density at radius 3 is 1.90 bits per heavy atom. The van der Waals surface area contributed by atoms with Crippen molar-refractivity contribution in [1.29, 1.82) is 0 Å². The molecule has 0 heteroatoms. The van der Waals surface area contributed by atoms with Crippen LogP contribution in [0.5, 0.6) is 0 Å². The molecule has 60 valence electrons. The normalized spacial score (nSPS) is 36.3. The van der Waals surface area contributed by atoms with E-state index in [-0.39, 0.29) is 0 Å². The molecule has 0 N–H and O–H groups in total. The molecule has 1 saturated carbocycles. The average Bonchev–Trinajstić information content (AvgIpc) is 1.88. The lowest BCUT2D eigenvalue weighted by Gasteiger charge is -2.33. The Labute approximate surface area is 65.0 Å². The van der Waals surface area contributed by atoms with Crippen molar-refractivity contribution in [2.45, 2.75) is 46.5 Å². The van der Waals surface area contributed by atoms with E-state index in [9.17, 15) is 0 Å². The van der Waals surface area contributed by atoms with Gasteiger partial charge in [0.05, 0.1) is 0 Å². The molecule has 0 aromatic rings. The molecule has 0 aliphatic heterocycles. The molecular weight excluding hydrogens is 120 g/mol. The molecule has 1 aliphatic carbocycles. The molecule has 0 spiro atoms. The zero-order valence-corrected chi connectivity index (χ0v) is 7.56. The molecule has 0 nitrogen and oxygen atoms in total. The fraction of sp³-hybridized carbons (Fsp3) is 1.00. The first kappa shape index (κ1) is 8.10. The number of rotatable bonds is 1. The molecular formula is C10H20. The molecule has 0 heterocycles. The zero-order chi connectivity index (χ0) is 7.56. The molecule has 1 rings (SSSR count). The Balaban J connectivity index is 2.45. The van der Waals surface area contributed by atoms with Gasteiger partial charge in [-0.05, 0) is 17.8 Å². The van der Waals surface area contributed by atoms with E-state index in [2.05, 4.69) is 20.8 Å². The first-order chi connectivity index (χ1) is 4.75. The van der Waals surface area contributed by atoms with Gasteiger partial charge in [0.1, 0.15) is 0 Å². The van der Waals surface area contributed by atoms with E-state index < -0.39 is 0 Å². The van der Waals surface area contributed by atoms with Crippen molar-refractivity contribution in [2.75, 3.05) is 0 Å². The lowest BCUT2D eigenvalue weighted by atomic mass is 9.72. The smallest absolute Gasteiger partial charge is 0.0365 e. The third kappa shape index (κ3) is 1.53. The van der Waals surface area contributed by atoms with Crippen LogP contribution in [-0.2, 0) is 0 Å². The van der Waals surface area contributed by atoms with Gasteiger partial charge in [0, 0.05) is 0 Å². The largest absolute Gasteiger partial charge is 0.0651 e. The lowest BCUT2D eigenvalue weighted by Crippen LogP contribution is -2.23. The van der Waals surface area contributed by atoms with Gasteiger partial charge in [0.25, 0.3) is 0 Å². The maximum atomic E-state index is 2.42. The van der Waals surface area contributed by atoms with Gasteiger partial charge in [0.15, 0.2) is 0 Å². The summed E-state index contributed by atoms with van der Waals surface area (Å²) >= 11 is 0. The summed E-state index contributed by atoms with van der Waals surface area (Å²) < 4.78 is 0. The van der Waals surface area contributed by atoms with Crippen LogP contribution in [0.2, 0.25) is 0 Å². The van der Waals surface area contributed by atoms with Crippen LogP contribution in [0.25, 0.3) is 0 Å². The molecule has 2 atom stereocenters. The minimum absolute atomic E-state index is 0.994. The topological polar surface area (TPSA) is 0 Å². The SMILES string of the molecule is CCC1[C@@H](C)CCC[C@@H]1C. The van der Waals surface area contributed by atoms with E-state index in [4.69, 9.17) is 0 Å². The summed E-state index contributed by atoms with van der Waals surface area (Å²) in [7, 11) is 0. The van der Waals surface area contributed by atoms with Crippen LogP contribution in [0.15, 0.2) is 0 Å². The van der Waals surface area contributed by atoms with Crippen molar-refractivity contribution in [1.82, 2.24) is 0 Å². The van der Waals surface area contributed by atoms with Gasteiger partial charge in [-0.3, -0.25) is 0 Å². The third-order valence-electron chi connectivity index (χ3n) is 3.25. The number of hydrogen-bond acceptors (Lipinski definition) is 0. The van der Waals surface area contributed by atoms with Crippen LogP contribution < -0.4 is 0 Å². The standard InChI is InChI=1S/C10H20/c1-4-10-8(2)6-5-7-9(10)3/h8-10H,4-7H2,1-3H3/t8-,9-/m0/s1. The molecule has 0 radical (unpaired) electrons. The predicted molar refractivity (Wildman–Crippen MR) is 46.0 cm³/mol. The van der Waals surface area contributed by atoms with Crippen molar-refractivity contribution in [3.8, 4) is 0 Å². The summed E-state index contributed by atoms with van der Waals surface area (Å²) in [5, 5.41) is 0. The van der Waals surface area contributed by atoms with Crippen molar-refractivity contribution >= 4 is 0 Å². The highest BCUT2D eigenvalue weighted by molar-refractivity contribution is 4.76. The second-order valence-corrected chi connectivity index (χ2v) is 3.96. The van der Waals surface area contributed by atoms with E-state index in [0.717, 1.165) is 17.8 Å². The predicted octanol–water partition coefficient (Wildman–Crippen LogP) is 3.47. The first-order valence-corrected chi connectivity index (χ1v) is 4.75. The molecule has 0 bridgehead atoms. The second kappa shape index (κ2) is 3.41. The van der Waals surface area contributed by atoms with E-state index >= 15 is 0 Å². The van der Waals surface area contributed by atoms with Crippen LogP contribution in [0.4, 0.5) is 0 Å². The van der Waals surface area contributed by atoms with Crippen LogP contribution >= 0.6 is 0 Å². The quantitative estimate of drug-likeness (QED) is 0.523. The summed E-state index contributed by atoms with van der Waals surface area (Å²) in [5.74, 6) is 3.01. The maximum absolute atomic E-state index is 2.42. The number of hydrogen-bond donors (Lipinski definition) is 0. The summed E-state index contributed by atoms with van der Waals surface area (Å²) in [6.45, 7) is 7.18. The summed E-state index contributed by atoms with van der Waals surface area (Å²) in [6.07, 6.45) is 5.81. The van der Waals surface area contributed by atoms with Gasteiger partial charge in [-0.15, -0.1) is 0 Å². The minimum Gasteiger partial charge on any atom is -0.0651 e. The highest BCUT2D eigenvalue weighted by Gasteiger charge is 2.25. The Morgan fingerprint density at radius 2 is 1.60 bits per heavy atom. The fourth-order valence-corrected chi connectivity index (χ4v) is 2.56. The van der Waals surface area contributed by atoms with E-state index in [1.54, 1.807) is 0 Å². The molecule has 1 aliphatic rings. The maximum Gasteiger partial charge on any atom is -0.0365 e. The fourth-order valence-electron chi connectivity index (χ4n) is 2.56. The van der Waals surface area contributed by atoms with Crippen molar-refractivity contribution in [2.24, 2.45) is 17.8 Å². The Bertz CT molecular complexity index is 86.2. The van der Waals surface area contributed by atoms with E-state index in [1.807, 2.05) is 0 Å². The average molecular weight is 140 g/mol. The highest BCUT2D eigenvalue weighted by atomic mass is 14.3. The first-order valence-electron chi connectivity index (χ1n) is 4.75. The molecule has 1 fully saturated rings. The van der Waals surface area contributed by atoms with Gasteiger partial charge in [0.2, 0.25) is 0 Å². The van der Waals surface area contributed by atoms with Crippen LogP contribution in [-0.4, -0.2) is 0 Å². The molecule has 0 aromatic carbocycles. The summed E-state index contributed by atoms with van der Waals surface area (Å²) in [5.41, 5.74) is 0. The van der Waals surface area contributed by atoms with Gasteiger partial charge in [-0.25, -0.2) is 0 Å². The summed E-state index contributed by atoms with van der Waals surface area (Å²) in [6, 6.07) is 0. The Morgan fingerprint density at radius 1 is 1.10 bits per heavy atom. The van der Waals surface area contributed by atoms with Gasteiger partial charge >= 0.3 is 0 Å². The minimum atomic E-state index is 0.994. The van der Waals surface area contributed by atoms with E-state index in [0.29, 0.717) is 0 Å². The van der Waals surface area contributed by atoms with Crippen molar-refractivity contribution in [3.05, 3.63) is 0 Å². The molecule has 10 heavy (non-hydrogen) atoms. The monoisotopic (exact) mass is 140 g/mol.